The molecular weight excluding hydrogens is 580 g/mol. The van der Waals surface area contributed by atoms with E-state index in [1.807, 2.05) is 13.8 Å². The second kappa shape index (κ2) is 15.2. The Morgan fingerprint density at radius 1 is 0.773 bits per heavy atom. The average Bonchev–Trinajstić information content (AvgIpc) is 2.91. The van der Waals surface area contributed by atoms with E-state index in [1.165, 1.54) is 18.2 Å². The number of carbonyl (C=O) groups excluding carboxylic acids is 5. The van der Waals surface area contributed by atoms with Crippen molar-refractivity contribution < 1.29 is 62.2 Å². The van der Waals surface area contributed by atoms with Gasteiger partial charge in [-0.3, -0.25) is 24.0 Å². The van der Waals surface area contributed by atoms with Crippen LogP contribution in [0.1, 0.15) is 57.5 Å². The van der Waals surface area contributed by atoms with E-state index < -0.39 is 66.9 Å². The summed E-state index contributed by atoms with van der Waals surface area (Å²) < 4.78 is 38.6. The SMILES string of the molecule is CC(=O)OC[C@@H]1O[C@@H](Oc2ccc(C(=O)Cc3ccc(OC(C)C)cc3)c(O)c2)[C@H](OC(C)=O)[C@H](OC(C)=O)[C@@H]1OC(C)=O. The molecule has 1 heterocycles. The number of esters is 4. The fourth-order valence-electron chi connectivity index (χ4n) is 4.48. The standard InChI is InChI=1S/C31H36O13/c1-16(2)39-22-9-7-21(8-10-22)13-25(36)24-12-11-23(14-26(24)37)43-31-30(42-20(6)35)29(41-19(5)34)28(40-18(4)33)27(44-31)15-38-17(3)32/h7-12,14,16,27-31,37H,13,15H2,1-6H3/t27-,28+,29+,30+,31+/m0/s1. The summed E-state index contributed by atoms with van der Waals surface area (Å²) in [6, 6.07) is 10.9. The zero-order valence-corrected chi connectivity index (χ0v) is 25.3. The molecule has 1 saturated heterocycles. The van der Waals surface area contributed by atoms with Crippen LogP contribution in [0.25, 0.3) is 0 Å². The first-order chi connectivity index (χ1) is 20.7. The summed E-state index contributed by atoms with van der Waals surface area (Å²) in [5, 5.41) is 10.7. The number of aromatic hydroxyl groups is 1. The number of Topliss-reactive ketones (excluding diaryl/α,β-unsaturated/α-hetero) is 1. The lowest BCUT2D eigenvalue weighted by Crippen LogP contribution is -2.63. The molecule has 0 spiro atoms. The second-order valence-corrected chi connectivity index (χ2v) is 10.3. The van der Waals surface area contributed by atoms with Crippen molar-refractivity contribution in [1.82, 2.24) is 0 Å². The quantitative estimate of drug-likeness (QED) is 0.210. The highest BCUT2D eigenvalue weighted by atomic mass is 16.7. The van der Waals surface area contributed by atoms with Gasteiger partial charge in [-0.05, 0) is 43.7 Å². The van der Waals surface area contributed by atoms with Crippen LogP contribution in [0, 0.1) is 0 Å². The number of phenolic OH excluding ortho intramolecular Hbond substituents is 1. The van der Waals surface area contributed by atoms with Crippen molar-refractivity contribution in [1.29, 1.82) is 0 Å². The molecule has 0 unspecified atom stereocenters. The van der Waals surface area contributed by atoms with E-state index in [1.54, 1.807) is 24.3 Å². The molecule has 44 heavy (non-hydrogen) atoms. The summed E-state index contributed by atoms with van der Waals surface area (Å²) >= 11 is 0. The van der Waals surface area contributed by atoms with Gasteiger partial charge in [0.25, 0.3) is 0 Å². The zero-order valence-electron chi connectivity index (χ0n) is 25.3. The van der Waals surface area contributed by atoms with E-state index in [9.17, 15) is 29.1 Å². The van der Waals surface area contributed by atoms with Gasteiger partial charge in [0, 0.05) is 40.2 Å². The number of hydrogen-bond acceptors (Lipinski definition) is 13. The predicted molar refractivity (Wildman–Crippen MR) is 151 cm³/mol. The van der Waals surface area contributed by atoms with Crippen LogP contribution in [-0.4, -0.2) is 78.2 Å². The van der Waals surface area contributed by atoms with Gasteiger partial charge in [-0.25, -0.2) is 0 Å². The van der Waals surface area contributed by atoms with Crippen molar-refractivity contribution in [2.75, 3.05) is 6.61 Å². The number of ketones is 1. The van der Waals surface area contributed by atoms with Gasteiger partial charge in [-0.2, -0.15) is 0 Å². The van der Waals surface area contributed by atoms with Crippen molar-refractivity contribution in [2.45, 2.75) is 84.8 Å². The fraction of sp³-hybridized carbons (Fsp3) is 0.452. The van der Waals surface area contributed by atoms with E-state index >= 15 is 0 Å². The van der Waals surface area contributed by atoms with Gasteiger partial charge in [0.15, 0.2) is 18.0 Å². The topological polar surface area (TPSA) is 170 Å². The van der Waals surface area contributed by atoms with Crippen LogP contribution in [0.4, 0.5) is 0 Å². The first kappa shape index (κ1) is 33.8. The maximum Gasteiger partial charge on any atom is 0.303 e. The van der Waals surface area contributed by atoms with Crippen LogP contribution in [0.3, 0.4) is 0 Å². The first-order valence-corrected chi connectivity index (χ1v) is 13.8. The molecule has 1 fully saturated rings. The van der Waals surface area contributed by atoms with Crippen molar-refractivity contribution >= 4 is 29.7 Å². The molecule has 2 aromatic rings. The zero-order chi connectivity index (χ0) is 32.6. The Morgan fingerprint density at radius 3 is 1.89 bits per heavy atom. The maximum absolute atomic E-state index is 13.0. The van der Waals surface area contributed by atoms with Crippen LogP contribution >= 0.6 is 0 Å². The number of hydrogen-bond donors (Lipinski definition) is 1. The van der Waals surface area contributed by atoms with Gasteiger partial charge in [0.05, 0.1) is 11.7 Å². The number of carbonyl (C=O) groups is 5. The van der Waals surface area contributed by atoms with E-state index in [2.05, 4.69) is 0 Å². The number of rotatable bonds is 12. The average molecular weight is 617 g/mol. The Kier molecular flexibility index (Phi) is 11.7. The lowest BCUT2D eigenvalue weighted by Gasteiger charge is -2.43. The Bertz CT molecular complexity index is 1350. The summed E-state index contributed by atoms with van der Waals surface area (Å²) in [6.45, 7) is 7.85. The third-order valence-corrected chi connectivity index (χ3v) is 6.13. The third-order valence-electron chi connectivity index (χ3n) is 6.13. The van der Waals surface area contributed by atoms with Crippen LogP contribution in [0.2, 0.25) is 0 Å². The number of ether oxygens (including phenoxy) is 7. The highest BCUT2D eigenvalue weighted by Crippen LogP contribution is 2.33. The van der Waals surface area contributed by atoms with Gasteiger partial charge >= 0.3 is 23.9 Å². The van der Waals surface area contributed by atoms with Crippen molar-refractivity contribution in [3.63, 3.8) is 0 Å². The van der Waals surface area contributed by atoms with Gasteiger partial charge in [-0.15, -0.1) is 0 Å². The van der Waals surface area contributed by atoms with Gasteiger partial charge < -0.3 is 38.3 Å². The fourth-order valence-corrected chi connectivity index (χ4v) is 4.48. The molecule has 2 aromatic carbocycles. The normalized spacial score (nSPS) is 21.1. The molecule has 0 amide bonds. The van der Waals surface area contributed by atoms with Crippen molar-refractivity contribution in [3.8, 4) is 17.2 Å². The summed E-state index contributed by atoms with van der Waals surface area (Å²) in [5.74, 6) is -3.11. The van der Waals surface area contributed by atoms with E-state index in [0.29, 0.717) is 11.3 Å². The van der Waals surface area contributed by atoms with Crippen LogP contribution in [-0.2, 0) is 49.3 Å². The Balaban J connectivity index is 1.86. The molecule has 0 radical (unpaired) electrons. The lowest BCUT2D eigenvalue weighted by atomic mass is 9.98. The lowest BCUT2D eigenvalue weighted by molar-refractivity contribution is -0.288. The smallest absolute Gasteiger partial charge is 0.303 e. The summed E-state index contributed by atoms with van der Waals surface area (Å²) in [7, 11) is 0. The molecule has 13 heteroatoms. The molecule has 238 valence electrons. The molecule has 1 N–H and O–H groups in total. The van der Waals surface area contributed by atoms with E-state index in [-0.39, 0.29) is 29.6 Å². The van der Waals surface area contributed by atoms with Crippen molar-refractivity contribution in [3.05, 3.63) is 53.6 Å². The number of phenols is 1. The molecule has 0 aliphatic carbocycles. The highest BCUT2D eigenvalue weighted by molar-refractivity contribution is 6.00. The predicted octanol–water partition coefficient (Wildman–Crippen LogP) is 3.07. The molecule has 1 aliphatic rings. The summed E-state index contributed by atoms with van der Waals surface area (Å²) in [4.78, 5) is 60.4. The molecule has 3 rings (SSSR count). The number of benzene rings is 2. The third kappa shape index (κ3) is 9.69. The van der Waals surface area contributed by atoms with Crippen LogP contribution in [0.15, 0.2) is 42.5 Å². The second-order valence-electron chi connectivity index (χ2n) is 10.3. The monoisotopic (exact) mass is 616 g/mol. The Morgan fingerprint density at radius 2 is 1.34 bits per heavy atom. The minimum atomic E-state index is -1.50. The summed E-state index contributed by atoms with van der Waals surface area (Å²) in [6.07, 6.45) is -6.92. The molecule has 0 bridgehead atoms. The van der Waals surface area contributed by atoms with E-state index in [4.69, 9.17) is 33.2 Å². The molecule has 0 saturated carbocycles. The maximum atomic E-state index is 13.0. The van der Waals surface area contributed by atoms with E-state index in [0.717, 1.165) is 27.7 Å². The van der Waals surface area contributed by atoms with Crippen molar-refractivity contribution in [2.24, 2.45) is 0 Å². The minimum Gasteiger partial charge on any atom is -0.507 e. The Hall–Kier alpha value is -4.65. The highest BCUT2D eigenvalue weighted by Gasteiger charge is 2.53. The van der Waals surface area contributed by atoms with Gasteiger partial charge in [0.2, 0.25) is 12.4 Å². The first-order valence-electron chi connectivity index (χ1n) is 13.8. The molecule has 13 nitrogen and oxygen atoms in total. The molecule has 1 aliphatic heterocycles. The molecule has 5 atom stereocenters. The molecule has 0 aromatic heterocycles. The van der Waals surface area contributed by atoms with Crippen LogP contribution in [0.5, 0.6) is 17.2 Å². The minimum absolute atomic E-state index is 0.00450. The Labute approximate surface area is 254 Å². The van der Waals surface area contributed by atoms with Gasteiger partial charge in [-0.1, -0.05) is 12.1 Å². The molecular formula is C31H36O13. The van der Waals surface area contributed by atoms with Gasteiger partial charge in [0.1, 0.15) is 30.0 Å². The van der Waals surface area contributed by atoms with Crippen LogP contribution < -0.4 is 9.47 Å². The summed E-state index contributed by atoms with van der Waals surface area (Å²) in [5.41, 5.74) is 0.740. The largest absolute Gasteiger partial charge is 0.507 e.